The van der Waals surface area contributed by atoms with Gasteiger partial charge in [-0.1, -0.05) is 13.0 Å². The van der Waals surface area contributed by atoms with Crippen LogP contribution >= 0.6 is 0 Å². The first-order valence-electron chi connectivity index (χ1n) is 5.42. The summed E-state index contributed by atoms with van der Waals surface area (Å²) >= 11 is 0. The standard InChI is InChI=1S/C12H15F3O2/c1-3-11(16)9-6-5-8(17-4-2)7-10(9)12(13,14)15/h5-7,11,16H,3-4H2,1-2H3. The molecule has 2 nitrogen and oxygen atoms in total. The molecule has 0 aliphatic heterocycles. The molecular weight excluding hydrogens is 233 g/mol. The largest absolute Gasteiger partial charge is 0.494 e. The third-order valence-electron chi connectivity index (χ3n) is 2.39. The molecule has 0 saturated heterocycles. The Morgan fingerprint density at radius 1 is 1.29 bits per heavy atom. The van der Waals surface area contributed by atoms with Gasteiger partial charge >= 0.3 is 6.18 Å². The summed E-state index contributed by atoms with van der Waals surface area (Å²) in [5.74, 6) is 0.159. The smallest absolute Gasteiger partial charge is 0.416 e. The highest BCUT2D eigenvalue weighted by Gasteiger charge is 2.35. The van der Waals surface area contributed by atoms with E-state index in [1.165, 1.54) is 12.1 Å². The number of aliphatic hydroxyl groups excluding tert-OH is 1. The van der Waals surface area contributed by atoms with Crippen molar-refractivity contribution in [1.82, 2.24) is 0 Å². The summed E-state index contributed by atoms with van der Waals surface area (Å²) in [7, 11) is 0. The summed E-state index contributed by atoms with van der Waals surface area (Å²) in [6.07, 6.45) is -5.36. The van der Waals surface area contributed by atoms with Crippen LogP contribution in [0.25, 0.3) is 0 Å². The van der Waals surface area contributed by atoms with E-state index in [0.29, 0.717) is 6.61 Å². The summed E-state index contributed by atoms with van der Waals surface area (Å²) in [4.78, 5) is 0. The Kier molecular flexibility index (Phi) is 4.40. The molecule has 1 rings (SSSR count). The van der Waals surface area contributed by atoms with Gasteiger partial charge < -0.3 is 9.84 Å². The molecule has 0 heterocycles. The van der Waals surface area contributed by atoms with Gasteiger partial charge in [0.15, 0.2) is 0 Å². The van der Waals surface area contributed by atoms with Crippen molar-refractivity contribution in [3.05, 3.63) is 29.3 Å². The van der Waals surface area contributed by atoms with E-state index < -0.39 is 17.8 Å². The molecule has 1 aromatic rings. The number of alkyl halides is 3. The second kappa shape index (κ2) is 5.40. The lowest BCUT2D eigenvalue weighted by Crippen LogP contribution is -2.12. The van der Waals surface area contributed by atoms with Crippen LogP contribution in [0.4, 0.5) is 13.2 Å². The first-order valence-corrected chi connectivity index (χ1v) is 5.42. The molecule has 0 aromatic heterocycles. The van der Waals surface area contributed by atoms with Crippen molar-refractivity contribution in [2.24, 2.45) is 0 Å². The molecule has 17 heavy (non-hydrogen) atoms. The molecule has 0 radical (unpaired) electrons. The molecule has 1 unspecified atom stereocenters. The monoisotopic (exact) mass is 248 g/mol. The number of hydrogen-bond acceptors (Lipinski definition) is 2. The zero-order valence-electron chi connectivity index (χ0n) is 9.71. The Bertz CT molecular complexity index is 375. The lowest BCUT2D eigenvalue weighted by molar-refractivity contribution is -0.139. The molecule has 1 aromatic carbocycles. The van der Waals surface area contributed by atoms with Crippen LogP contribution in [0.1, 0.15) is 37.5 Å². The molecule has 5 heteroatoms. The Labute approximate surface area is 98.0 Å². The number of aliphatic hydroxyl groups is 1. The summed E-state index contributed by atoms with van der Waals surface area (Å²) in [5, 5.41) is 9.55. The molecular formula is C12H15F3O2. The fraction of sp³-hybridized carbons (Fsp3) is 0.500. The van der Waals surface area contributed by atoms with Crippen molar-refractivity contribution in [2.45, 2.75) is 32.5 Å². The minimum atomic E-state index is -4.49. The normalized spacial score (nSPS) is 13.5. The molecule has 0 saturated carbocycles. The van der Waals surface area contributed by atoms with Crippen molar-refractivity contribution in [3.8, 4) is 5.75 Å². The molecule has 0 bridgehead atoms. The Hall–Kier alpha value is -1.23. The zero-order valence-corrected chi connectivity index (χ0v) is 9.71. The Morgan fingerprint density at radius 2 is 1.94 bits per heavy atom. The second-order valence-electron chi connectivity index (χ2n) is 3.60. The van der Waals surface area contributed by atoms with E-state index in [9.17, 15) is 18.3 Å². The van der Waals surface area contributed by atoms with E-state index in [1.54, 1.807) is 13.8 Å². The van der Waals surface area contributed by atoms with E-state index in [1.807, 2.05) is 0 Å². The molecule has 96 valence electrons. The molecule has 0 aliphatic rings. The average Bonchev–Trinajstić information content (AvgIpc) is 2.27. The van der Waals surface area contributed by atoms with E-state index in [2.05, 4.69) is 0 Å². The van der Waals surface area contributed by atoms with Crippen LogP contribution in [0.3, 0.4) is 0 Å². The minimum Gasteiger partial charge on any atom is -0.494 e. The van der Waals surface area contributed by atoms with Crippen molar-refractivity contribution in [3.63, 3.8) is 0 Å². The molecule has 0 spiro atoms. The van der Waals surface area contributed by atoms with E-state index in [4.69, 9.17) is 4.74 Å². The van der Waals surface area contributed by atoms with E-state index in [0.717, 1.165) is 6.07 Å². The fourth-order valence-electron chi connectivity index (χ4n) is 1.55. The molecule has 1 N–H and O–H groups in total. The molecule has 0 aliphatic carbocycles. The summed E-state index contributed by atoms with van der Waals surface area (Å²) in [5.41, 5.74) is -0.943. The highest BCUT2D eigenvalue weighted by atomic mass is 19.4. The first-order chi connectivity index (χ1) is 7.90. The fourth-order valence-corrected chi connectivity index (χ4v) is 1.55. The van der Waals surface area contributed by atoms with Gasteiger partial charge in [0, 0.05) is 0 Å². The van der Waals surface area contributed by atoms with Crippen LogP contribution < -0.4 is 4.74 Å². The minimum absolute atomic E-state index is 0.108. The van der Waals surface area contributed by atoms with Crippen molar-refractivity contribution in [1.29, 1.82) is 0 Å². The quantitative estimate of drug-likeness (QED) is 0.883. The SMILES string of the molecule is CCOc1ccc(C(O)CC)c(C(F)(F)F)c1. The van der Waals surface area contributed by atoms with Gasteiger partial charge in [-0.2, -0.15) is 13.2 Å². The lowest BCUT2D eigenvalue weighted by atomic mass is 10.00. The average molecular weight is 248 g/mol. The highest BCUT2D eigenvalue weighted by Crippen LogP contribution is 2.37. The van der Waals surface area contributed by atoms with Crippen LogP contribution in [0.5, 0.6) is 5.75 Å². The summed E-state index contributed by atoms with van der Waals surface area (Å²) < 4.78 is 43.4. The van der Waals surface area contributed by atoms with Gasteiger partial charge in [0.05, 0.1) is 18.3 Å². The van der Waals surface area contributed by atoms with Gasteiger partial charge in [0.25, 0.3) is 0 Å². The van der Waals surface area contributed by atoms with Crippen LogP contribution in [0.2, 0.25) is 0 Å². The van der Waals surface area contributed by atoms with Gasteiger partial charge in [0.1, 0.15) is 5.75 Å². The molecule has 0 fully saturated rings. The van der Waals surface area contributed by atoms with E-state index >= 15 is 0 Å². The topological polar surface area (TPSA) is 29.5 Å². The van der Waals surface area contributed by atoms with Gasteiger partial charge in [-0.25, -0.2) is 0 Å². The summed E-state index contributed by atoms with van der Waals surface area (Å²) in [6.45, 7) is 3.62. The predicted molar refractivity (Wildman–Crippen MR) is 57.9 cm³/mol. The Balaban J connectivity index is 3.22. The third-order valence-corrected chi connectivity index (χ3v) is 2.39. The number of benzene rings is 1. The van der Waals surface area contributed by atoms with Gasteiger partial charge in [-0.3, -0.25) is 0 Å². The number of ether oxygens (including phenoxy) is 1. The van der Waals surface area contributed by atoms with Crippen molar-refractivity contribution >= 4 is 0 Å². The van der Waals surface area contributed by atoms with Gasteiger partial charge in [-0.15, -0.1) is 0 Å². The highest BCUT2D eigenvalue weighted by molar-refractivity contribution is 5.38. The molecule has 1 atom stereocenters. The Morgan fingerprint density at radius 3 is 2.41 bits per heavy atom. The van der Waals surface area contributed by atoms with Crippen LogP contribution in [-0.4, -0.2) is 11.7 Å². The third kappa shape index (κ3) is 3.36. The van der Waals surface area contributed by atoms with Gasteiger partial charge in [-0.05, 0) is 31.0 Å². The maximum Gasteiger partial charge on any atom is 0.416 e. The van der Waals surface area contributed by atoms with Crippen LogP contribution in [0, 0.1) is 0 Å². The van der Waals surface area contributed by atoms with Crippen molar-refractivity contribution < 1.29 is 23.0 Å². The summed E-state index contributed by atoms with van der Waals surface area (Å²) in [6, 6.07) is 3.63. The lowest BCUT2D eigenvalue weighted by Gasteiger charge is -2.17. The second-order valence-corrected chi connectivity index (χ2v) is 3.60. The van der Waals surface area contributed by atoms with E-state index in [-0.39, 0.29) is 17.7 Å². The van der Waals surface area contributed by atoms with Crippen LogP contribution in [0.15, 0.2) is 18.2 Å². The predicted octanol–water partition coefficient (Wildman–Crippen LogP) is 3.55. The number of hydrogen-bond donors (Lipinski definition) is 1. The number of halogens is 3. The van der Waals surface area contributed by atoms with Crippen molar-refractivity contribution in [2.75, 3.05) is 6.61 Å². The van der Waals surface area contributed by atoms with Gasteiger partial charge in [0.2, 0.25) is 0 Å². The van der Waals surface area contributed by atoms with Crippen LogP contribution in [-0.2, 0) is 6.18 Å². The zero-order chi connectivity index (χ0) is 13.1. The molecule has 0 amide bonds. The maximum atomic E-state index is 12.8. The number of rotatable bonds is 4. The maximum absolute atomic E-state index is 12.8. The first kappa shape index (κ1) is 13.8.